The molecule has 0 bridgehead atoms. The summed E-state index contributed by atoms with van der Waals surface area (Å²) in [6.45, 7) is 0. The van der Waals surface area contributed by atoms with E-state index in [1.807, 2.05) is 53.2 Å². The first-order valence-corrected chi connectivity index (χ1v) is 7.55. The van der Waals surface area contributed by atoms with Gasteiger partial charge in [-0.15, -0.1) is 0 Å². The summed E-state index contributed by atoms with van der Waals surface area (Å²) in [5.74, 6) is 1.40. The Bertz CT molecular complexity index is 799. The molecule has 4 nitrogen and oxygen atoms in total. The third kappa shape index (κ3) is 2.60. The minimum Gasteiger partial charge on any atom is -0.493 e. The molecule has 0 saturated carbocycles. The standard InChI is InChI=1S/C17H15BrN2O2/c1-21-16-8-7-12(11-17(16)22-2)14-9-10-19-20(14)15-6-4-3-5-13(15)18/h3-11H,1-2H3. The molecule has 0 fully saturated rings. The largest absolute Gasteiger partial charge is 0.493 e. The molecule has 5 heteroatoms. The number of hydrogen-bond donors (Lipinski definition) is 0. The minimum absolute atomic E-state index is 0.694. The van der Waals surface area contributed by atoms with Crippen LogP contribution in [0, 0.1) is 0 Å². The van der Waals surface area contributed by atoms with E-state index in [-0.39, 0.29) is 0 Å². The number of nitrogens with zero attached hydrogens (tertiary/aromatic N) is 2. The first kappa shape index (κ1) is 14.7. The number of benzene rings is 2. The lowest BCUT2D eigenvalue weighted by atomic mass is 10.1. The predicted octanol–water partition coefficient (Wildman–Crippen LogP) is 4.32. The first-order chi connectivity index (χ1) is 10.7. The Labute approximate surface area is 137 Å². The van der Waals surface area contributed by atoms with Crippen molar-refractivity contribution in [3.63, 3.8) is 0 Å². The quantitative estimate of drug-likeness (QED) is 0.696. The summed E-state index contributed by atoms with van der Waals surface area (Å²) in [4.78, 5) is 0. The van der Waals surface area contributed by atoms with Gasteiger partial charge in [-0.1, -0.05) is 12.1 Å². The van der Waals surface area contributed by atoms with E-state index in [0.717, 1.165) is 21.4 Å². The minimum atomic E-state index is 0.694. The van der Waals surface area contributed by atoms with Gasteiger partial charge in [0.15, 0.2) is 11.5 Å². The average molecular weight is 359 g/mol. The maximum absolute atomic E-state index is 5.38. The molecule has 1 aromatic heterocycles. The van der Waals surface area contributed by atoms with Crippen molar-refractivity contribution in [3.8, 4) is 28.4 Å². The van der Waals surface area contributed by atoms with Crippen LogP contribution in [0.2, 0.25) is 0 Å². The van der Waals surface area contributed by atoms with Gasteiger partial charge in [0.05, 0.1) is 31.8 Å². The summed E-state index contributed by atoms with van der Waals surface area (Å²) in [6, 6.07) is 15.8. The SMILES string of the molecule is COc1ccc(-c2ccnn2-c2ccccc2Br)cc1OC. The van der Waals surface area contributed by atoms with Gasteiger partial charge >= 0.3 is 0 Å². The Morgan fingerprint density at radius 2 is 1.73 bits per heavy atom. The lowest BCUT2D eigenvalue weighted by Crippen LogP contribution is -2.00. The maximum Gasteiger partial charge on any atom is 0.161 e. The summed E-state index contributed by atoms with van der Waals surface area (Å²) in [7, 11) is 3.26. The van der Waals surface area contributed by atoms with Crippen molar-refractivity contribution in [2.24, 2.45) is 0 Å². The fourth-order valence-electron chi connectivity index (χ4n) is 2.33. The summed E-state index contributed by atoms with van der Waals surface area (Å²) in [6.07, 6.45) is 1.78. The number of rotatable bonds is 4. The van der Waals surface area contributed by atoms with Gasteiger partial charge < -0.3 is 9.47 Å². The number of ether oxygens (including phenoxy) is 2. The molecule has 112 valence electrons. The molecule has 3 aromatic rings. The zero-order valence-corrected chi connectivity index (χ0v) is 13.9. The second kappa shape index (κ2) is 6.23. The fourth-order valence-corrected chi connectivity index (χ4v) is 2.79. The van der Waals surface area contributed by atoms with Crippen molar-refractivity contribution in [2.45, 2.75) is 0 Å². The van der Waals surface area contributed by atoms with E-state index in [0.29, 0.717) is 11.5 Å². The zero-order valence-electron chi connectivity index (χ0n) is 12.3. The Morgan fingerprint density at radius 3 is 2.45 bits per heavy atom. The van der Waals surface area contributed by atoms with Crippen LogP contribution < -0.4 is 9.47 Å². The van der Waals surface area contributed by atoms with Crippen LogP contribution in [0.5, 0.6) is 11.5 Å². The second-order valence-electron chi connectivity index (χ2n) is 4.65. The molecule has 0 saturated heterocycles. The molecule has 1 heterocycles. The Kier molecular flexibility index (Phi) is 4.15. The number of methoxy groups -OCH3 is 2. The van der Waals surface area contributed by atoms with Crippen LogP contribution in [0.15, 0.2) is 59.2 Å². The number of para-hydroxylation sites is 1. The van der Waals surface area contributed by atoms with Crippen molar-refractivity contribution in [2.75, 3.05) is 14.2 Å². The van der Waals surface area contributed by atoms with Crippen molar-refractivity contribution in [3.05, 3.63) is 59.2 Å². The highest BCUT2D eigenvalue weighted by molar-refractivity contribution is 9.10. The highest BCUT2D eigenvalue weighted by Gasteiger charge is 2.12. The van der Waals surface area contributed by atoms with Crippen LogP contribution in [-0.2, 0) is 0 Å². The van der Waals surface area contributed by atoms with Gasteiger partial charge in [0.25, 0.3) is 0 Å². The molecule has 0 aliphatic heterocycles. The lowest BCUT2D eigenvalue weighted by molar-refractivity contribution is 0.355. The molecule has 0 N–H and O–H groups in total. The van der Waals surface area contributed by atoms with E-state index in [4.69, 9.17) is 9.47 Å². The van der Waals surface area contributed by atoms with Crippen LogP contribution in [-0.4, -0.2) is 24.0 Å². The molecular formula is C17H15BrN2O2. The predicted molar refractivity (Wildman–Crippen MR) is 89.8 cm³/mol. The van der Waals surface area contributed by atoms with E-state index in [9.17, 15) is 0 Å². The number of hydrogen-bond acceptors (Lipinski definition) is 3. The van der Waals surface area contributed by atoms with Crippen LogP contribution >= 0.6 is 15.9 Å². The Morgan fingerprint density at radius 1 is 0.955 bits per heavy atom. The highest BCUT2D eigenvalue weighted by Crippen LogP contribution is 2.33. The summed E-state index contributed by atoms with van der Waals surface area (Å²) < 4.78 is 13.5. The van der Waals surface area contributed by atoms with Crippen molar-refractivity contribution in [1.82, 2.24) is 9.78 Å². The van der Waals surface area contributed by atoms with Crippen molar-refractivity contribution in [1.29, 1.82) is 0 Å². The summed E-state index contributed by atoms with van der Waals surface area (Å²) in [5, 5.41) is 4.44. The lowest BCUT2D eigenvalue weighted by Gasteiger charge is -2.12. The van der Waals surface area contributed by atoms with Gasteiger partial charge in [0, 0.05) is 10.0 Å². The van der Waals surface area contributed by atoms with Crippen molar-refractivity contribution >= 4 is 15.9 Å². The third-order valence-corrected chi connectivity index (χ3v) is 4.07. The normalized spacial score (nSPS) is 10.5. The van der Waals surface area contributed by atoms with E-state index in [1.165, 1.54) is 0 Å². The molecule has 0 aliphatic carbocycles. The van der Waals surface area contributed by atoms with Gasteiger partial charge in [-0.05, 0) is 52.3 Å². The molecule has 22 heavy (non-hydrogen) atoms. The Hall–Kier alpha value is -2.27. The maximum atomic E-state index is 5.38. The van der Waals surface area contributed by atoms with Gasteiger partial charge in [-0.2, -0.15) is 5.10 Å². The molecular weight excluding hydrogens is 344 g/mol. The van der Waals surface area contributed by atoms with Gasteiger partial charge in [0.1, 0.15) is 0 Å². The zero-order chi connectivity index (χ0) is 15.5. The third-order valence-electron chi connectivity index (χ3n) is 3.40. The highest BCUT2D eigenvalue weighted by atomic mass is 79.9. The molecule has 0 spiro atoms. The van der Waals surface area contributed by atoms with Gasteiger partial charge in [-0.3, -0.25) is 0 Å². The fraction of sp³-hybridized carbons (Fsp3) is 0.118. The van der Waals surface area contributed by atoms with Crippen LogP contribution in [0.25, 0.3) is 16.9 Å². The molecule has 0 amide bonds. The smallest absolute Gasteiger partial charge is 0.161 e. The molecule has 0 aliphatic rings. The molecule has 2 aromatic carbocycles. The van der Waals surface area contributed by atoms with E-state index in [2.05, 4.69) is 21.0 Å². The molecule has 0 radical (unpaired) electrons. The van der Waals surface area contributed by atoms with E-state index in [1.54, 1.807) is 20.4 Å². The van der Waals surface area contributed by atoms with E-state index >= 15 is 0 Å². The van der Waals surface area contributed by atoms with Crippen LogP contribution in [0.1, 0.15) is 0 Å². The average Bonchev–Trinajstić information content (AvgIpc) is 3.04. The first-order valence-electron chi connectivity index (χ1n) is 6.76. The van der Waals surface area contributed by atoms with Crippen molar-refractivity contribution < 1.29 is 9.47 Å². The molecule has 0 atom stereocenters. The topological polar surface area (TPSA) is 36.3 Å². The van der Waals surface area contributed by atoms with E-state index < -0.39 is 0 Å². The second-order valence-corrected chi connectivity index (χ2v) is 5.50. The van der Waals surface area contributed by atoms with Crippen LogP contribution in [0.4, 0.5) is 0 Å². The van der Waals surface area contributed by atoms with Crippen LogP contribution in [0.3, 0.4) is 0 Å². The molecule has 3 rings (SSSR count). The number of halogens is 1. The number of aromatic nitrogens is 2. The Balaban J connectivity index is 2.11. The molecule has 0 unspecified atom stereocenters. The summed E-state index contributed by atoms with van der Waals surface area (Å²) in [5.41, 5.74) is 2.97. The van der Waals surface area contributed by atoms with Gasteiger partial charge in [-0.25, -0.2) is 4.68 Å². The monoisotopic (exact) mass is 358 g/mol. The summed E-state index contributed by atoms with van der Waals surface area (Å²) >= 11 is 3.57. The van der Waals surface area contributed by atoms with Gasteiger partial charge in [0.2, 0.25) is 0 Å².